The van der Waals surface area contributed by atoms with Gasteiger partial charge in [0, 0.05) is 18.1 Å². The van der Waals surface area contributed by atoms with Gasteiger partial charge in [-0.2, -0.15) is 0 Å². The summed E-state index contributed by atoms with van der Waals surface area (Å²) < 4.78 is 39.4. The van der Waals surface area contributed by atoms with E-state index in [4.69, 9.17) is 9.47 Å². The second kappa shape index (κ2) is 10.3. The zero-order valence-electron chi connectivity index (χ0n) is 20.1. The number of aromatic nitrogens is 1. The van der Waals surface area contributed by atoms with Crippen LogP contribution in [0.2, 0.25) is 0 Å². The van der Waals surface area contributed by atoms with Crippen LogP contribution >= 0.6 is 0 Å². The van der Waals surface area contributed by atoms with Gasteiger partial charge in [0.05, 0.1) is 24.2 Å². The zero-order valence-corrected chi connectivity index (χ0v) is 20.9. The fourth-order valence-corrected chi connectivity index (χ4v) is 5.58. The van der Waals surface area contributed by atoms with Crippen molar-refractivity contribution in [3.05, 3.63) is 108 Å². The number of amides is 1. The fraction of sp³-hybridized carbons (Fsp3) is 0.143. The summed E-state index contributed by atoms with van der Waals surface area (Å²) in [7, 11) is -2.45. The summed E-state index contributed by atoms with van der Waals surface area (Å²) in [4.78, 5) is 17.3. The molecule has 9 heteroatoms. The molecule has 1 aromatic heterocycles. The van der Waals surface area contributed by atoms with E-state index in [1.54, 1.807) is 48.8 Å². The van der Waals surface area contributed by atoms with Gasteiger partial charge in [-0.3, -0.25) is 14.1 Å². The molecule has 0 spiro atoms. The standard InChI is InChI=1S/C28H25N3O5S/c1-35-23-10-12-24(13-11-23)37(33,34)31-19-27(36-26-5-3-2-4-25(26)31)28(32)30-22-8-6-20(7-9-22)18-21-14-16-29-17-15-21/h2-17,27H,18-19H2,1H3,(H,30,32)/t27-/m1/s1. The largest absolute Gasteiger partial charge is 0.497 e. The number of sulfonamides is 1. The molecule has 1 aliphatic rings. The van der Waals surface area contributed by atoms with Gasteiger partial charge in [-0.1, -0.05) is 24.3 Å². The lowest BCUT2D eigenvalue weighted by molar-refractivity contribution is -0.122. The Morgan fingerprint density at radius 3 is 2.35 bits per heavy atom. The van der Waals surface area contributed by atoms with Crippen LogP contribution in [0, 0.1) is 0 Å². The highest BCUT2D eigenvalue weighted by Gasteiger charge is 2.37. The first-order chi connectivity index (χ1) is 17.9. The van der Waals surface area contributed by atoms with Crippen LogP contribution in [0.15, 0.2) is 102 Å². The molecule has 0 radical (unpaired) electrons. The van der Waals surface area contributed by atoms with E-state index in [1.807, 2.05) is 36.4 Å². The third-order valence-electron chi connectivity index (χ3n) is 6.05. The van der Waals surface area contributed by atoms with Gasteiger partial charge in [-0.25, -0.2) is 8.42 Å². The Bertz CT molecular complexity index is 1490. The average molecular weight is 516 g/mol. The van der Waals surface area contributed by atoms with Crippen molar-refractivity contribution in [3.63, 3.8) is 0 Å². The van der Waals surface area contributed by atoms with Crippen molar-refractivity contribution in [2.45, 2.75) is 17.4 Å². The van der Waals surface area contributed by atoms with Crippen molar-refractivity contribution in [2.24, 2.45) is 0 Å². The summed E-state index contributed by atoms with van der Waals surface area (Å²) in [6, 6.07) is 24.3. The molecule has 1 amide bonds. The highest BCUT2D eigenvalue weighted by atomic mass is 32.2. The van der Waals surface area contributed by atoms with E-state index in [1.165, 1.54) is 23.5 Å². The smallest absolute Gasteiger partial charge is 0.267 e. The molecule has 0 saturated heterocycles. The number of para-hydroxylation sites is 2. The minimum atomic E-state index is -3.96. The number of carbonyl (C=O) groups is 1. The van der Waals surface area contributed by atoms with E-state index in [9.17, 15) is 13.2 Å². The van der Waals surface area contributed by atoms with Crippen LogP contribution in [0.4, 0.5) is 11.4 Å². The maximum absolute atomic E-state index is 13.6. The van der Waals surface area contributed by atoms with Crippen LogP contribution in [0.25, 0.3) is 0 Å². The van der Waals surface area contributed by atoms with Crippen molar-refractivity contribution >= 4 is 27.3 Å². The highest BCUT2D eigenvalue weighted by molar-refractivity contribution is 7.92. The third kappa shape index (κ3) is 5.26. The SMILES string of the molecule is COc1ccc(S(=O)(=O)N2C[C@H](C(=O)Nc3ccc(Cc4ccncc4)cc3)Oc3ccccc32)cc1. The normalized spacial score (nSPS) is 14.8. The lowest BCUT2D eigenvalue weighted by atomic mass is 10.1. The number of fused-ring (bicyclic) bond motifs is 1. The number of pyridine rings is 1. The lowest BCUT2D eigenvalue weighted by Gasteiger charge is -2.34. The molecule has 4 aromatic rings. The van der Waals surface area contributed by atoms with E-state index in [-0.39, 0.29) is 11.4 Å². The molecule has 1 aliphatic heterocycles. The Labute approximate surface area is 215 Å². The minimum Gasteiger partial charge on any atom is -0.497 e. The molecule has 2 heterocycles. The second-order valence-corrected chi connectivity index (χ2v) is 10.4. The number of anilines is 2. The number of benzene rings is 3. The van der Waals surface area contributed by atoms with Gasteiger partial charge in [0.15, 0.2) is 6.10 Å². The Balaban J connectivity index is 1.34. The quantitative estimate of drug-likeness (QED) is 0.395. The van der Waals surface area contributed by atoms with Crippen molar-refractivity contribution in [2.75, 3.05) is 23.3 Å². The average Bonchev–Trinajstić information content (AvgIpc) is 2.94. The molecule has 0 unspecified atom stereocenters. The molecule has 0 saturated carbocycles. The van der Waals surface area contributed by atoms with Gasteiger partial charge in [0.25, 0.3) is 15.9 Å². The number of nitrogens with one attached hydrogen (secondary N) is 1. The van der Waals surface area contributed by atoms with Crippen LogP contribution in [0.1, 0.15) is 11.1 Å². The van der Waals surface area contributed by atoms with Crippen LogP contribution in [0.5, 0.6) is 11.5 Å². The van der Waals surface area contributed by atoms with Gasteiger partial charge in [0.1, 0.15) is 11.5 Å². The zero-order chi connectivity index (χ0) is 25.8. The molecule has 1 N–H and O–H groups in total. The summed E-state index contributed by atoms with van der Waals surface area (Å²) in [5.41, 5.74) is 3.20. The number of ether oxygens (including phenoxy) is 2. The van der Waals surface area contributed by atoms with Crippen molar-refractivity contribution in [3.8, 4) is 11.5 Å². The molecule has 0 bridgehead atoms. The van der Waals surface area contributed by atoms with Gasteiger partial charge in [0.2, 0.25) is 0 Å². The van der Waals surface area contributed by atoms with Gasteiger partial charge >= 0.3 is 0 Å². The summed E-state index contributed by atoms with van der Waals surface area (Å²) in [6.45, 7) is -0.169. The second-order valence-electron chi connectivity index (χ2n) is 8.50. The summed E-state index contributed by atoms with van der Waals surface area (Å²) in [5.74, 6) is 0.426. The van der Waals surface area contributed by atoms with Crippen LogP contribution in [-0.2, 0) is 21.2 Å². The summed E-state index contributed by atoms with van der Waals surface area (Å²) in [5, 5.41) is 2.85. The summed E-state index contributed by atoms with van der Waals surface area (Å²) >= 11 is 0. The molecular formula is C28H25N3O5S. The Kier molecular flexibility index (Phi) is 6.78. The van der Waals surface area contributed by atoms with E-state index in [0.717, 1.165) is 17.5 Å². The first-order valence-electron chi connectivity index (χ1n) is 11.7. The first kappa shape index (κ1) is 24.3. The molecule has 0 fully saturated rings. The van der Waals surface area contributed by atoms with Gasteiger partial charge in [-0.05, 0) is 78.2 Å². The number of nitrogens with zero attached hydrogens (tertiary/aromatic N) is 2. The molecule has 1 atom stereocenters. The van der Waals surface area contributed by atoms with Crippen LogP contribution < -0.4 is 19.1 Å². The van der Waals surface area contributed by atoms with E-state index >= 15 is 0 Å². The van der Waals surface area contributed by atoms with Crippen LogP contribution in [-0.4, -0.2) is 39.1 Å². The minimum absolute atomic E-state index is 0.0916. The lowest BCUT2D eigenvalue weighted by Crippen LogP contribution is -2.48. The number of hydrogen-bond donors (Lipinski definition) is 1. The predicted molar refractivity (Wildman–Crippen MR) is 140 cm³/mol. The topological polar surface area (TPSA) is 97.8 Å². The molecule has 188 valence electrons. The number of methoxy groups -OCH3 is 1. The van der Waals surface area contributed by atoms with E-state index < -0.39 is 22.0 Å². The van der Waals surface area contributed by atoms with Crippen molar-refractivity contribution in [1.29, 1.82) is 0 Å². The Morgan fingerprint density at radius 1 is 0.973 bits per heavy atom. The van der Waals surface area contributed by atoms with Crippen molar-refractivity contribution < 1.29 is 22.7 Å². The van der Waals surface area contributed by atoms with Gasteiger partial charge in [-0.15, -0.1) is 0 Å². The maximum atomic E-state index is 13.6. The molecule has 37 heavy (non-hydrogen) atoms. The predicted octanol–water partition coefficient (Wildman–Crippen LogP) is 4.28. The van der Waals surface area contributed by atoms with Gasteiger partial charge < -0.3 is 14.8 Å². The van der Waals surface area contributed by atoms with E-state index in [2.05, 4.69) is 10.3 Å². The number of hydrogen-bond acceptors (Lipinski definition) is 6. The summed E-state index contributed by atoms with van der Waals surface area (Å²) in [6.07, 6.45) is 3.21. The third-order valence-corrected chi connectivity index (χ3v) is 7.85. The molecule has 8 nitrogen and oxygen atoms in total. The fourth-order valence-electron chi connectivity index (χ4n) is 4.11. The molecule has 5 rings (SSSR count). The van der Waals surface area contributed by atoms with Crippen LogP contribution in [0.3, 0.4) is 0 Å². The highest BCUT2D eigenvalue weighted by Crippen LogP contribution is 2.37. The van der Waals surface area contributed by atoms with E-state index in [0.29, 0.717) is 22.9 Å². The Morgan fingerprint density at radius 2 is 1.65 bits per heavy atom. The number of carbonyl (C=O) groups excluding carboxylic acids is 1. The molecule has 0 aliphatic carbocycles. The molecular weight excluding hydrogens is 490 g/mol. The first-order valence-corrected chi connectivity index (χ1v) is 13.1. The van der Waals surface area contributed by atoms with Crippen molar-refractivity contribution in [1.82, 2.24) is 4.98 Å². The Hall–Kier alpha value is -4.37. The molecule has 3 aromatic carbocycles. The monoisotopic (exact) mass is 515 g/mol. The maximum Gasteiger partial charge on any atom is 0.267 e. The number of rotatable bonds is 7.